The van der Waals surface area contributed by atoms with Crippen LogP contribution in [-0.4, -0.2) is 17.8 Å². The summed E-state index contributed by atoms with van der Waals surface area (Å²) in [6.07, 6.45) is 6.65. The van der Waals surface area contributed by atoms with Crippen molar-refractivity contribution in [3.05, 3.63) is 0 Å². The Morgan fingerprint density at radius 1 is 0.955 bits per heavy atom. The maximum atomic E-state index is 12.4. The van der Waals surface area contributed by atoms with Crippen molar-refractivity contribution in [3.8, 4) is 0 Å². The van der Waals surface area contributed by atoms with E-state index in [1.54, 1.807) is 0 Å². The number of carbonyl (C=O) groups is 3. The highest BCUT2D eigenvalue weighted by molar-refractivity contribution is 6.16. The number of nitrogens with one attached hydrogen (secondary N) is 2. The molecule has 4 atom stereocenters. The van der Waals surface area contributed by atoms with E-state index in [1.165, 1.54) is 19.3 Å². The van der Waals surface area contributed by atoms with Crippen molar-refractivity contribution < 1.29 is 14.4 Å². The second-order valence-electron chi connectivity index (χ2n) is 8.58. The van der Waals surface area contributed by atoms with Crippen LogP contribution in [0.2, 0.25) is 0 Å². The van der Waals surface area contributed by atoms with E-state index in [2.05, 4.69) is 24.5 Å². The first-order valence-corrected chi connectivity index (χ1v) is 8.49. The zero-order chi connectivity index (χ0) is 15.7. The van der Waals surface area contributed by atoms with Gasteiger partial charge in [0.05, 0.1) is 0 Å². The number of imide groups is 2. The molecule has 5 heteroatoms. The molecular formula is C17H24N2O3. The van der Waals surface area contributed by atoms with Gasteiger partial charge in [-0.25, -0.2) is 4.79 Å². The lowest BCUT2D eigenvalue weighted by atomic mass is 9.39. The Kier molecular flexibility index (Phi) is 2.80. The van der Waals surface area contributed by atoms with Gasteiger partial charge in [-0.2, -0.15) is 0 Å². The zero-order valence-corrected chi connectivity index (χ0v) is 13.3. The molecule has 0 aromatic carbocycles. The number of carbonyl (C=O) groups excluding carboxylic acids is 3. The second-order valence-corrected chi connectivity index (χ2v) is 8.58. The van der Waals surface area contributed by atoms with Gasteiger partial charge in [-0.1, -0.05) is 13.8 Å². The highest BCUT2D eigenvalue weighted by Gasteiger charge is 2.63. The predicted molar refractivity (Wildman–Crippen MR) is 79.6 cm³/mol. The van der Waals surface area contributed by atoms with Gasteiger partial charge in [-0.15, -0.1) is 0 Å². The Labute approximate surface area is 130 Å². The third kappa shape index (κ3) is 1.80. The predicted octanol–water partition coefficient (Wildman–Crippen LogP) is 2.21. The van der Waals surface area contributed by atoms with Gasteiger partial charge in [0.1, 0.15) is 5.92 Å². The van der Waals surface area contributed by atoms with Crippen LogP contribution in [0.1, 0.15) is 52.4 Å². The Morgan fingerprint density at radius 3 is 2.00 bits per heavy atom. The Hall–Kier alpha value is -1.39. The largest absolute Gasteiger partial charge is 0.328 e. The van der Waals surface area contributed by atoms with Crippen LogP contribution in [0, 0.1) is 34.5 Å². The summed E-state index contributed by atoms with van der Waals surface area (Å²) in [6, 6.07) is -0.672. The smallest absolute Gasteiger partial charge is 0.277 e. The summed E-state index contributed by atoms with van der Waals surface area (Å²) < 4.78 is 0. The van der Waals surface area contributed by atoms with Gasteiger partial charge in [-0.05, 0) is 67.1 Å². The molecule has 0 aromatic heterocycles. The lowest BCUT2D eigenvalue weighted by molar-refractivity contribution is -0.172. The highest BCUT2D eigenvalue weighted by Crippen LogP contribution is 2.69. The third-order valence-corrected chi connectivity index (χ3v) is 6.99. The van der Waals surface area contributed by atoms with E-state index in [4.69, 9.17) is 0 Å². The van der Waals surface area contributed by atoms with Crippen molar-refractivity contribution in [3.63, 3.8) is 0 Å². The van der Waals surface area contributed by atoms with Crippen molar-refractivity contribution in [1.29, 1.82) is 0 Å². The molecule has 4 aliphatic carbocycles. The summed E-state index contributed by atoms with van der Waals surface area (Å²) in [5, 5.41) is 4.63. The quantitative estimate of drug-likeness (QED) is 0.768. The van der Waals surface area contributed by atoms with Gasteiger partial charge >= 0.3 is 6.03 Å². The molecule has 22 heavy (non-hydrogen) atoms. The maximum Gasteiger partial charge on any atom is 0.328 e. The van der Waals surface area contributed by atoms with E-state index in [0.29, 0.717) is 17.8 Å². The topological polar surface area (TPSA) is 75.3 Å². The number of hydrogen-bond acceptors (Lipinski definition) is 3. The van der Waals surface area contributed by atoms with Crippen molar-refractivity contribution in [2.45, 2.75) is 52.4 Å². The molecule has 2 N–H and O–H groups in total. The number of urea groups is 1. The molecule has 1 aliphatic heterocycles. The van der Waals surface area contributed by atoms with Gasteiger partial charge in [-0.3, -0.25) is 20.2 Å². The van der Waals surface area contributed by atoms with Crippen LogP contribution in [0.25, 0.3) is 0 Å². The average Bonchev–Trinajstić information content (AvgIpc) is 2.34. The molecule has 5 nitrogen and oxygen atoms in total. The van der Waals surface area contributed by atoms with Crippen molar-refractivity contribution in [2.24, 2.45) is 34.5 Å². The van der Waals surface area contributed by atoms with Crippen molar-refractivity contribution >= 4 is 17.8 Å². The van der Waals surface area contributed by atoms with Crippen LogP contribution in [0.5, 0.6) is 0 Å². The molecule has 5 aliphatic rings. The molecule has 2 unspecified atom stereocenters. The number of amides is 4. The second kappa shape index (κ2) is 4.33. The summed E-state index contributed by atoms with van der Waals surface area (Å²) in [6.45, 7) is 4.57. The van der Waals surface area contributed by atoms with Gasteiger partial charge in [0, 0.05) is 0 Å². The lowest BCUT2D eigenvalue weighted by Crippen LogP contribution is -2.65. The SMILES string of the molecule is CC(C)C12C[C@H]3C[C@@H](C1)CC(C1C(=O)NC(=O)NC1=O)(C3)C2. The van der Waals surface area contributed by atoms with Crippen molar-refractivity contribution in [1.82, 2.24) is 10.6 Å². The molecule has 4 amide bonds. The van der Waals surface area contributed by atoms with E-state index in [-0.39, 0.29) is 22.6 Å². The van der Waals surface area contributed by atoms with E-state index >= 15 is 0 Å². The van der Waals surface area contributed by atoms with E-state index < -0.39 is 11.9 Å². The first kappa shape index (κ1) is 14.2. The molecule has 4 saturated carbocycles. The number of rotatable bonds is 2. The zero-order valence-electron chi connectivity index (χ0n) is 13.3. The lowest BCUT2D eigenvalue weighted by Gasteiger charge is -2.65. The monoisotopic (exact) mass is 304 g/mol. The average molecular weight is 304 g/mol. The van der Waals surface area contributed by atoms with Gasteiger partial charge in [0.15, 0.2) is 0 Å². The summed E-state index contributed by atoms with van der Waals surface area (Å²) in [5.41, 5.74) is 0.0509. The summed E-state index contributed by atoms with van der Waals surface area (Å²) >= 11 is 0. The standard InChI is InChI=1S/C17H24N2O3/c1-9(2)16-4-10-3-11(5-16)7-17(6-10,8-16)12-13(20)18-15(22)19-14(12)21/h9-12H,3-8H2,1-2H3,(H2,18,19,20,21,22)/t10-,11+,16?,17?. The first-order chi connectivity index (χ1) is 10.3. The van der Waals surface area contributed by atoms with Crippen molar-refractivity contribution in [2.75, 3.05) is 0 Å². The first-order valence-electron chi connectivity index (χ1n) is 8.49. The van der Waals surface area contributed by atoms with Crippen LogP contribution in [0.4, 0.5) is 4.79 Å². The van der Waals surface area contributed by atoms with Gasteiger partial charge in [0.25, 0.3) is 0 Å². The maximum absolute atomic E-state index is 12.4. The Balaban J connectivity index is 1.73. The van der Waals surface area contributed by atoms with Crippen LogP contribution in [-0.2, 0) is 9.59 Å². The van der Waals surface area contributed by atoms with Crippen LogP contribution < -0.4 is 10.6 Å². The summed E-state index contributed by atoms with van der Waals surface area (Å²) in [5.74, 6) is 0.413. The van der Waals surface area contributed by atoms with Gasteiger partial charge in [0.2, 0.25) is 11.8 Å². The Morgan fingerprint density at radius 2 is 1.50 bits per heavy atom. The molecule has 0 spiro atoms. The molecule has 0 aromatic rings. The third-order valence-electron chi connectivity index (χ3n) is 6.99. The highest BCUT2D eigenvalue weighted by atomic mass is 16.2. The number of barbiturate groups is 1. The normalized spacial score (nSPS) is 44.4. The molecule has 4 bridgehead atoms. The molecule has 1 heterocycles. The van der Waals surface area contributed by atoms with E-state index in [9.17, 15) is 14.4 Å². The van der Waals surface area contributed by atoms with E-state index in [1.807, 2.05) is 0 Å². The fourth-order valence-corrected chi connectivity index (χ4v) is 6.49. The molecule has 120 valence electrons. The van der Waals surface area contributed by atoms with Crippen LogP contribution in [0.15, 0.2) is 0 Å². The molecular weight excluding hydrogens is 280 g/mol. The molecule has 0 radical (unpaired) electrons. The van der Waals surface area contributed by atoms with Crippen LogP contribution in [0.3, 0.4) is 0 Å². The molecule has 5 fully saturated rings. The number of hydrogen-bond donors (Lipinski definition) is 2. The van der Waals surface area contributed by atoms with Crippen LogP contribution >= 0.6 is 0 Å². The summed E-state index contributed by atoms with van der Waals surface area (Å²) in [4.78, 5) is 36.2. The minimum Gasteiger partial charge on any atom is -0.277 e. The summed E-state index contributed by atoms with van der Waals surface area (Å²) in [7, 11) is 0. The van der Waals surface area contributed by atoms with Gasteiger partial charge < -0.3 is 0 Å². The molecule has 1 saturated heterocycles. The fraction of sp³-hybridized carbons (Fsp3) is 0.824. The minimum absolute atomic E-state index is 0.233. The molecule has 5 rings (SSSR count). The van der Waals surface area contributed by atoms with E-state index in [0.717, 1.165) is 19.3 Å². The Bertz CT molecular complexity index is 534. The fourth-order valence-electron chi connectivity index (χ4n) is 6.49. The minimum atomic E-state index is -0.686.